The van der Waals surface area contributed by atoms with E-state index in [-0.39, 0.29) is 12.4 Å². The highest BCUT2D eigenvalue weighted by Crippen LogP contribution is 2.17. The van der Waals surface area contributed by atoms with Gasteiger partial charge in [0.15, 0.2) is 0 Å². The Hall–Kier alpha value is -1.19. The van der Waals surface area contributed by atoms with Gasteiger partial charge in [-0.15, -0.1) is 12.4 Å². The number of aromatic nitrogens is 2. The maximum Gasteiger partial charge on any atom is 0.133 e. The van der Waals surface area contributed by atoms with E-state index in [4.69, 9.17) is 17.3 Å². The summed E-state index contributed by atoms with van der Waals surface area (Å²) in [5.74, 6) is 0. The van der Waals surface area contributed by atoms with Crippen molar-refractivity contribution in [2.24, 2.45) is 0 Å². The van der Waals surface area contributed by atoms with Crippen LogP contribution in [0.2, 0.25) is 5.15 Å². The van der Waals surface area contributed by atoms with Gasteiger partial charge in [-0.1, -0.05) is 11.6 Å². The molecule has 1 aromatic heterocycles. The number of hydrogen-bond donors (Lipinski definition) is 1. The largest absolute Gasteiger partial charge is 0.399 e. The Morgan fingerprint density at radius 2 is 1.87 bits per heavy atom. The van der Waals surface area contributed by atoms with Gasteiger partial charge in [0.25, 0.3) is 0 Å². The molecule has 0 saturated heterocycles. The predicted octanol–water partition coefficient (Wildman–Crippen LogP) is 2.84. The van der Waals surface area contributed by atoms with Crippen LogP contribution >= 0.6 is 24.0 Å². The summed E-state index contributed by atoms with van der Waals surface area (Å²) in [6.07, 6.45) is 0. The van der Waals surface area contributed by atoms with Crippen molar-refractivity contribution in [3.63, 3.8) is 0 Å². The van der Waals surface area contributed by atoms with Crippen LogP contribution in [0.5, 0.6) is 0 Å². The fraction of sp³-hybridized carbons (Fsp3) is 0.100. The molecule has 1 heterocycles. The molecule has 0 aliphatic heterocycles. The molecule has 0 spiro atoms. The first-order valence-corrected chi connectivity index (χ1v) is 4.63. The zero-order valence-corrected chi connectivity index (χ0v) is 9.72. The summed E-state index contributed by atoms with van der Waals surface area (Å²) in [7, 11) is 0. The Morgan fingerprint density at radius 3 is 2.33 bits per heavy atom. The number of halogens is 2. The van der Waals surface area contributed by atoms with Gasteiger partial charge in [0.2, 0.25) is 0 Å². The highest BCUT2D eigenvalue weighted by molar-refractivity contribution is 6.29. The maximum atomic E-state index is 5.99. The van der Waals surface area contributed by atoms with Crippen molar-refractivity contribution in [1.82, 2.24) is 9.78 Å². The Bertz CT molecular complexity index is 448. The molecule has 80 valence electrons. The van der Waals surface area contributed by atoms with Crippen LogP contribution in [0, 0.1) is 6.92 Å². The van der Waals surface area contributed by atoms with Gasteiger partial charge >= 0.3 is 0 Å². The lowest BCUT2D eigenvalue weighted by atomic mass is 10.3. The van der Waals surface area contributed by atoms with Crippen LogP contribution in [0.4, 0.5) is 5.69 Å². The molecule has 15 heavy (non-hydrogen) atoms. The number of aryl methyl sites for hydroxylation is 1. The second kappa shape index (κ2) is 4.55. The van der Waals surface area contributed by atoms with Crippen molar-refractivity contribution in [2.75, 3.05) is 5.73 Å². The molecule has 0 bridgehead atoms. The minimum Gasteiger partial charge on any atom is -0.399 e. The van der Waals surface area contributed by atoms with Crippen molar-refractivity contribution in [3.8, 4) is 5.69 Å². The van der Waals surface area contributed by atoms with E-state index >= 15 is 0 Å². The van der Waals surface area contributed by atoms with Crippen molar-refractivity contribution in [2.45, 2.75) is 6.92 Å². The summed E-state index contributed by atoms with van der Waals surface area (Å²) in [6.45, 7) is 1.90. The van der Waals surface area contributed by atoms with Gasteiger partial charge in [-0.05, 0) is 37.3 Å². The number of anilines is 1. The van der Waals surface area contributed by atoms with Crippen LogP contribution in [0.25, 0.3) is 5.69 Å². The SMILES string of the molecule is Cc1cc(Cl)n(-c2ccc(N)cc2)n1.Cl. The second-order valence-electron chi connectivity index (χ2n) is 3.11. The van der Waals surface area contributed by atoms with E-state index in [1.165, 1.54) is 0 Å². The zero-order valence-electron chi connectivity index (χ0n) is 8.14. The van der Waals surface area contributed by atoms with Gasteiger partial charge in [0.1, 0.15) is 5.15 Å². The average molecular weight is 244 g/mol. The third kappa shape index (κ3) is 2.43. The maximum absolute atomic E-state index is 5.99. The number of rotatable bonds is 1. The molecule has 0 fully saturated rings. The molecular weight excluding hydrogens is 233 g/mol. The lowest BCUT2D eigenvalue weighted by Gasteiger charge is -2.02. The van der Waals surface area contributed by atoms with E-state index in [9.17, 15) is 0 Å². The van der Waals surface area contributed by atoms with Crippen LogP contribution in [-0.2, 0) is 0 Å². The molecule has 3 nitrogen and oxygen atoms in total. The van der Waals surface area contributed by atoms with Gasteiger partial charge in [0, 0.05) is 5.69 Å². The van der Waals surface area contributed by atoms with Crippen molar-refractivity contribution < 1.29 is 0 Å². The quantitative estimate of drug-likeness (QED) is 0.784. The van der Waals surface area contributed by atoms with Gasteiger partial charge < -0.3 is 5.73 Å². The fourth-order valence-corrected chi connectivity index (χ4v) is 1.56. The molecule has 0 unspecified atom stereocenters. The molecule has 2 N–H and O–H groups in total. The molecule has 2 rings (SSSR count). The van der Waals surface area contributed by atoms with Crippen molar-refractivity contribution in [1.29, 1.82) is 0 Å². The molecule has 0 saturated carbocycles. The molecule has 2 aromatic rings. The van der Waals surface area contributed by atoms with Crippen molar-refractivity contribution in [3.05, 3.63) is 41.2 Å². The van der Waals surface area contributed by atoms with E-state index in [0.29, 0.717) is 5.15 Å². The van der Waals surface area contributed by atoms with Gasteiger partial charge in [-0.25, -0.2) is 4.68 Å². The molecule has 5 heteroatoms. The van der Waals surface area contributed by atoms with E-state index in [0.717, 1.165) is 17.1 Å². The molecule has 0 radical (unpaired) electrons. The third-order valence-electron chi connectivity index (χ3n) is 1.93. The first kappa shape index (κ1) is 11.9. The summed E-state index contributed by atoms with van der Waals surface area (Å²) >= 11 is 5.99. The normalized spacial score (nSPS) is 9.73. The number of benzene rings is 1. The Labute approximate surface area is 99.3 Å². The zero-order chi connectivity index (χ0) is 10.1. The third-order valence-corrected chi connectivity index (χ3v) is 2.19. The monoisotopic (exact) mass is 243 g/mol. The van der Waals surface area contributed by atoms with Gasteiger partial charge in [-0.2, -0.15) is 5.10 Å². The van der Waals surface area contributed by atoms with E-state index in [1.54, 1.807) is 4.68 Å². The first-order chi connectivity index (χ1) is 6.66. The molecule has 0 amide bonds. The van der Waals surface area contributed by atoms with Crippen LogP contribution in [0.15, 0.2) is 30.3 Å². The summed E-state index contributed by atoms with van der Waals surface area (Å²) < 4.78 is 1.68. The molecule has 0 aliphatic rings. The molecule has 0 aliphatic carbocycles. The fourth-order valence-electron chi connectivity index (χ4n) is 1.26. The topological polar surface area (TPSA) is 43.8 Å². The second-order valence-corrected chi connectivity index (χ2v) is 3.50. The minimum atomic E-state index is 0. The summed E-state index contributed by atoms with van der Waals surface area (Å²) in [6, 6.07) is 9.23. The minimum absolute atomic E-state index is 0. The summed E-state index contributed by atoms with van der Waals surface area (Å²) in [5.41, 5.74) is 8.13. The first-order valence-electron chi connectivity index (χ1n) is 4.25. The van der Waals surface area contributed by atoms with Crippen LogP contribution in [-0.4, -0.2) is 9.78 Å². The average Bonchev–Trinajstić information content (AvgIpc) is 2.47. The molecule has 1 aromatic carbocycles. The lowest BCUT2D eigenvalue weighted by Crippen LogP contribution is -1.96. The van der Waals surface area contributed by atoms with Crippen LogP contribution in [0.3, 0.4) is 0 Å². The highest BCUT2D eigenvalue weighted by atomic mass is 35.5. The predicted molar refractivity (Wildman–Crippen MR) is 65.0 cm³/mol. The highest BCUT2D eigenvalue weighted by Gasteiger charge is 2.03. The van der Waals surface area contributed by atoms with Gasteiger partial charge in [0.05, 0.1) is 11.4 Å². The lowest BCUT2D eigenvalue weighted by molar-refractivity contribution is 0.863. The van der Waals surface area contributed by atoms with Crippen LogP contribution in [0.1, 0.15) is 5.69 Å². The smallest absolute Gasteiger partial charge is 0.133 e. The standard InChI is InChI=1S/C10H10ClN3.ClH/c1-7-6-10(11)14(13-7)9-4-2-8(12)3-5-9;/h2-6H,12H2,1H3;1H. The van der Waals surface area contributed by atoms with Gasteiger partial charge in [-0.3, -0.25) is 0 Å². The number of nitrogens with two attached hydrogens (primary N) is 1. The van der Waals surface area contributed by atoms with E-state index < -0.39 is 0 Å². The van der Waals surface area contributed by atoms with Crippen LogP contribution < -0.4 is 5.73 Å². The summed E-state index contributed by atoms with van der Waals surface area (Å²) in [4.78, 5) is 0. The number of hydrogen-bond acceptors (Lipinski definition) is 2. The van der Waals surface area contributed by atoms with Crippen molar-refractivity contribution >= 4 is 29.7 Å². The number of nitrogen functional groups attached to an aromatic ring is 1. The molecule has 0 atom stereocenters. The molecular formula is C10H11Cl2N3. The van der Waals surface area contributed by atoms with E-state index in [1.807, 2.05) is 37.3 Å². The number of nitrogens with zero attached hydrogens (tertiary/aromatic N) is 2. The van der Waals surface area contributed by atoms with E-state index in [2.05, 4.69) is 5.10 Å². The Balaban J connectivity index is 0.00000112. The summed E-state index contributed by atoms with van der Waals surface area (Å²) in [5, 5.41) is 4.86. The Kier molecular flexibility index (Phi) is 3.61. The Morgan fingerprint density at radius 1 is 1.27 bits per heavy atom.